The molecule has 7 nitrogen and oxygen atoms in total. The van der Waals surface area contributed by atoms with Crippen LogP contribution in [0.25, 0.3) is 0 Å². The molecule has 0 spiro atoms. The first-order chi connectivity index (χ1) is 10.2. The number of nitriles is 1. The largest absolute Gasteiger partial charge is 0.504 e. The predicted octanol–water partition coefficient (Wildman–Crippen LogP) is 2.27. The Balaban J connectivity index is 2.12. The zero-order valence-corrected chi connectivity index (χ0v) is 11.6. The minimum Gasteiger partial charge on any atom is -0.504 e. The van der Waals surface area contributed by atoms with E-state index in [0.29, 0.717) is 23.6 Å². The molecule has 21 heavy (non-hydrogen) atoms. The molecule has 0 bridgehead atoms. The Morgan fingerprint density at radius 1 is 1.57 bits per heavy atom. The highest BCUT2D eigenvalue weighted by atomic mass is 16.5. The van der Waals surface area contributed by atoms with Crippen molar-refractivity contribution in [3.8, 4) is 17.6 Å². The lowest BCUT2D eigenvalue weighted by atomic mass is 10.2. The number of rotatable bonds is 5. The third-order valence-electron chi connectivity index (χ3n) is 2.66. The smallest absolute Gasteiger partial charge is 0.252 e. The summed E-state index contributed by atoms with van der Waals surface area (Å²) in [7, 11) is 1.47. The van der Waals surface area contributed by atoms with Crippen molar-refractivity contribution >= 4 is 12.1 Å². The monoisotopic (exact) mass is 286 g/mol. The van der Waals surface area contributed by atoms with Gasteiger partial charge in [-0.25, -0.2) is 10.4 Å². The van der Waals surface area contributed by atoms with Crippen molar-refractivity contribution in [1.29, 1.82) is 5.26 Å². The number of aromatic nitrogens is 1. The van der Waals surface area contributed by atoms with E-state index >= 15 is 0 Å². The summed E-state index contributed by atoms with van der Waals surface area (Å²) in [4.78, 5) is 3.99. The molecule has 2 rings (SSSR count). The minimum absolute atomic E-state index is 0.0530. The maximum atomic E-state index is 9.49. The van der Waals surface area contributed by atoms with Gasteiger partial charge in [-0.15, -0.1) is 0 Å². The maximum absolute atomic E-state index is 9.49. The van der Waals surface area contributed by atoms with Crippen molar-refractivity contribution < 1.29 is 14.3 Å². The number of benzene rings is 1. The summed E-state index contributed by atoms with van der Waals surface area (Å²) in [6.45, 7) is 1.88. The first-order valence-corrected chi connectivity index (χ1v) is 6.23. The molecular formula is C14H14N4O3. The van der Waals surface area contributed by atoms with E-state index in [1.165, 1.54) is 19.4 Å². The molecule has 1 aromatic heterocycles. The molecular weight excluding hydrogens is 272 g/mol. The van der Waals surface area contributed by atoms with E-state index in [1.54, 1.807) is 12.1 Å². The Hall–Kier alpha value is -3.01. The van der Waals surface area contributed by atoms with Gasteiger partial charge in [-0.05, 0) is 23.8 Å². The van der Waals surface area contributed by atoms with Gasteiger partial charge in [0.05, 0.1) is 13.3 Å². The second kappa shape index (κ2) is 6.43. The van der Waals surface area contributed by atoms with E-state index < -0.39 is 0 Å². The van der Waals surface area contributed by atoms with Gasteiger partial charge in [0, 0.05) is 6.42 Å². The molecule has 0 aliphatic carbocycles. The molecule has 2 N–H and O–H groups in total. The normalized spacial score (nSPS) is 10.5. The van der Waals surface area contributed by atoms with Crippen molar-refractivity contribution in [3.63, 3.8) is 0 Å². The SMILES string of the molecule is CCc1nc(C#N)c(N/N=C\c2ccc(O)c(OC)c2)o1. The van der Waals surface area contributed by atoms with Crippen LogP contribution in [0.15, 0.2) is 27.7 Å². The van der Waals surface area contributed by atoms with Gasteiger partial charge in [0.15, 0.2) is 17.4 Å². The third-order valence-corrected chi connectivity index (χ3v) is 2.66. The molecule has 7 heteroatoms. The molecule has 0 aliphatic rings. The summed E-state index contributed by atoms with van der Waals surface area (Å²) < 4.78 is 10.3. The third kappa shape index (κ3) is 3.30. The number of aryl methyl sites for hydroxylation is 1. The van der Waals surface area contributed by atoms with Gasteiger partial charge in [-0.3, -0.25) is 0 Å². The summed E-state index contributed by atoms with van der Waals surface area (Å²) in [5, 5.41) is 22.4. The van der Waals surface area contributed by atoms with Gasteiger partial charge in [0.2, 0.25) is 5.69 Å². The van der Waals surface area contributed by atoms with Crippen LogP contribution in [0.1, 0.15) is 24.1 Å². The van der Waals surface area contributed by atoms with E-state index in [2.05, 4.69) is 15.5 Å². The van der Waals surface area contributed by atoms with Crippen molar-refractivity contribution in [2.24, 2.45) is 5.10 Å². The van der Waals surface area contributed by atoms with Gasteiger partial charge in [0.1, 0.15) is 6.07 Å². The van der Waals surface area contributed by atoms with Crippen LogP contribution in [-0.4, -0.2) is 23.4 Å². The number of hydrogen-bond donors (Lipinski definition) is 2. The standard InChI is InChI=1S/C14H14N4O3/c1-3-13-17-10(7-15)14(21-13)18-16-8-9-4-5-11(19)12(6-9)20-2/h4-6,8,18-19H,3H2,1-2H3/b16-8-. The first-order valence-electron chi connectivity index (χ1n) is 6.23. The van der Waals surface area contributed by atoms with Gasteiger partial charge in [-0.1, -0.05) is 6.92 Å². The average molecular weight is 286 g/mol. The lowest BCUT2D eigenvalue weighted by Gasteiger charge is -2.03. The van der Waals surface area contributed by atoms with Crippen LogP contribution in [0.5, 0.6) is 11.5 Å². The number of phenolic OH excluding ortho intramolecular Hbond substituents is 1. The van der Waals surface area contributed by atoms with Gasteiger partial charge >= 0.3 is 0 Å². The van der Waals surface area contributed by atoms with Crippen LogP contribution in [-0.2, 0) is 6.42 Å². The number of hydrogen-bond acceptors (Lipinski definition) is 7. The molecule has 2 aromatic rings. The fraction of sp³-hybridized carbons (Fsp3) is 0.214. The zero-order valence-electron chi connectivity index (χ0n) is 11.6. The number of oxazole rings is 1. The molecule has 0 radical (unpaired) electrons. The minimum atomic E-state index is 0.0530. The van der Waals surface area contributed by atoms with Gasteiger partial charge in [-0.2, -0.15) is 10.4 Å². The van der Waals surface area contributed by atoms with Crippen LogP contribution < -0.4 is 10.2 Å². The first kappa shape index (κ1) is 14.4. The Labute approximate surface area is 121 Å². The topological polar surface area (TPSA) is 104 Å². The number of nitrogens with one attached hydrogen (secondary N) is 1. The van der Waals surface area contributed by atoms with Gasteiger partial charge < -0.3 is 14.3 Å². The van der Waals surface area contributed by atoms with Crippen molar-refractivity contribution in [2.45, 2.75) is 13.3 Å². The Kier molecular flexibility index (Phi) is 4.41. The number of aromatic hydroxyl groups is 1. The van der Waals surface area contributed by atoms with Crippen LogP contribution in [0, 0.1) is 11.3 Å². The van der Waals surface area contributed by atoms with Crippen LogP contribution >= 0.6 is 0 Å². The van der Waals surface area contributed by atoms with Gasteiger partial charge in [0.25, 0.3) is 5.88 Å². The molecule has 0 saturated carbocycles. The van der Waals surface area contributed by atoms with E-state index in [9.17, 15) is 5.11 Å². The molecule has 1 aromatic carbocycles. The molecule has 0 atom stereocenters. The Morgan fingerprint density at radius 3 is 3.05 bits per heavy atom. The fourth-order valence-electron chi connectivity index (χ4n) is 1.61. The lowest BCUT2D eigenvalue weighted by molar-refractivity contribution is 0.373. The summed E-state index contributed by atoms with van der Waals surface area (Å²) in [6, 6.07) is 6.74. The average Bonchev–Trinajstić information content (AvgIpc) is 2.91. The van der Waals surface area contributed by atoms with E-state index in [4.69, 9.17) is 14.4 Å². The van der Waals surface area contributed by atoms with E-state index in [0.717, 1.165) is 0 Å². The molecule has 0 amide bonds. The summed E-state index contributed by atoms with van der Waals surface area (Å²) in [6.07, 6.45) is 2.10. The van der Waals surface area contributed by atoms with Crippen LogP contribution in [0.4, 0.5) is 5.88 Å². The van der Waals surface area contributed by atoms with E-state index in [-0.39, 0.29) is 17.3 Å². The Morgan fingerprint density at radius 2 is 2.38 bits per heavy atom. The lowest BCUT2D eigenvalue weighted by Crippen LogP contribution is -1.92. The van der Waals surface area contributed by atoms with Crippen LogP contribution in [0.3, 0.4) is 0 Å². The molecule has 0 fully saturated rings. The number of anilines is 1. The second-order valence-corrected chi connectivity index (χ2v) is 4.05. The van der Waals surface area contributed by atoms with Crippen molar-refractivity contribution in [3.05, 3.63) is 35.3 Å². The molecule has 108 valence electrons. The summed E-state index contributed by atoms with van der Waals surface area (Å²) >= 11 is 0. The van der Waals surface area contributed by atoms with Crippen molar-refractivity contribution in [1.82, 2.24) is 4.98 Å². The number of nitrogens with zero attached hydrogens (tertiary/aromatic N) is 3. The zero-order chi connectivity index (χ0) is 15.2. The molecule has 0 aliphatic heterocycles. The summed E-state index contributed by atoms with van der Waals surface area (Å²) in [5.74, 6) is 1.08. The van der Waals surface area contributed by atoms with E-state index in [1.807, 2.05) is 13.0 Å². The summed E-state index contributed by atoms with van der Waals surface area (Å²) in [5.41, 5.74) is 3.51. The second-order valence-electron chi connectivity index (χ2n) is 4.05. The number of phenols is 1. The van der Waals surface area contributed by atoms with Crippen LogP contribution in [0.2, 0.25) is 0 Å². The number of methoxy groups -OCH3 is 1. The highest BCUT2D eigenvalue weighted by Gasteiger charge is 2.10. The number of ether oxygens (including phenoxy) is 1. The molecule has 0 unspecified atom stereocenters. The fourth-order valence-corrected chi connectivity index (χ4v) is 1.61. The predicted molar refractivity (Wildman–Crippen MR) is 76.5 cm³/mol. The highest BCUT2D eigenvalue weighted by molar-refractivity contribution is 5.81. The highest BCUT2D eigenvalue weighted by Crippen LogP contribution is 2.25. The molecule has 1 heterocycles. The Bertz CT molecular complexity index is 701. The van der Waals surface area contributed by atoms with Crippen molar-refractivity contribution in [2.75, 3.05) is 12.5 Å². The molecule has 0 saturated heterocycles. The quantitative estimate of drug-likeness (QED) is 0.645. The maximum Gasteiger partial charge on any atom is 0.252 e. The number of hydrazone groups is 1.